The van der Waals surface area contributed by atoms with Crippen LogP contribution in [0.3, 0.4) is 0 Å². The van der Waals surface area contributed by atoms with Crippen molar-refractivity contribution in [3.63, 3.8) is 0 Å². The van der Waals surface area contributed by atoms with Crippen molar-refractivity contribution in [1.29, 1.82) is 0 Å². The summed E-state index contributed by atoms with van der Waals surface area (Å²) in [5, 5.41) is 3.44. The molecular formula is C18H29N3O3. The lowest BCUT2D eigenvalue weighted by atomic mass is 9.98. The molecule has 6 heteroatoms. The largest absolute Gasteiger partial charge is 0.481 e. The third-order valence-corrected chi connectivity index (χ3v) is 3.90. The molecule has 1 N–H and O–H groups in total. The van der Waals surface area contributed by atoms with Crippen LogP contribution in [0.15, 0.2) is 12.1 Å². The average molecular weight is 335 g/mol. The molecule has 134 valence electrons. The van der Waals surface area contributed by atoms with Crippen LogP contribution in [-0.4, -0.2) is 48.3 Å². The molecule has 1 unspecified atom stereocenters. The molecule has 2 rings (SSSR count). The molecule has 0 aromatic carbocycles. The Kier molecular flexibility index (Phi) is 5.91. The van der Waals surface area contributed by atoms with Crippen molar-refractivity contribution in [3.05, 3.63) is 17.8 Å². The van der Waals surface area contributed by atoms with E-state index in [-0.39, 0.29) is 6.09 Å². The van der Waals surface area contributed by atoms with Gasteiger partial charge in [-0.1, -0.05) is 0 Å². The van der Waals surface area contributed by atoms with Gasteiger partial charge in [-0.25, -0.2) is 9.78 Å². The average Bonchev–Trinajstić information content (AvgIpc) is 2.51. The first kappa shape index (κ1) is 18.4. The minimum atomic E-state index is -0.451. The number of anilines is 1. The van der Waals surface area contributed by atoms with Gasteiger partial charge in [-0.15, -0.1) is 0 Å². The minimum Gasteiger partial charge on any atom is -0.481 e. The molecule has 2 heterocycles. The normalized spacial score (nSPS) is 18.2. The van der Waals surface area contributed by atoms with Crippen LogP contribution in [0.5, 0.6) is 5.88 Å². The predicted octanol–water partition coefficient (Wildman–Crippen LogP) is 3.46. The van der Waals surface area contributed by atoms with Gasteiger partial charge >= 0.3 is 6.09 Å². The van der Waals surface area contributed by atoms with Crippen molar-refractivity contribution < 1.29 is 14.3 Å². The maximum absolute atomic E-state index is 12.2. The number of carbonyl (C=O) groups excluding carboxylic acids is 1. The van der Waals surface area contributed by atoms with E-state index in [2.05, 4.69) is 10.3 Å². The molecule has 0 bridgehead atoms. The van der Waals surface area contributed by atoms with E-state index in [1.54, 1.807) is 7.11 Å². The van der Waals surface area contributed by atoms with Gasteiger partial charge in [0, 0.05) is 37.1 Å². The van der Waals surface area contributed by atoms with E-state index in [1.165, 1.54) is 0 Å². The number of nitrogens with zero attached hydrogens (tertiary/aromatic N) is 2. The summed E-state index contributed by atoms with van der Waals surface area (Å²) in [4.78, 5) is 18.3. The Morgan fingerprint density at radius 2 is 2.17 bits per heavy atom. The first-order chi connectivity index (χ1) is 11.3. The van der Waals surface area contributed by atoms with Crippen molar-refractivity contribution >= 4 is 11.8 Å². The van der Waals surface area contributed by atoms with Crippen molar-refractivity contribution in [1.82, 2.24) is 9.88 Å². The third kappa shape index (κ3) is 5.58. The number of hydrogen-bond acceptors (Lipinski definition) is 5. The summed E-state index contributed by atoms with van der Waals surface area (Å²) >= 11 is 0. The summed E-state index contributed by atoms with van der Waals surface area (Å²) in [5.74, 6) is 1.02. The number of pyridine rings is 1. The summed E-state index contributed by atoms with van der Waals surface area (Å²) < 4.78 is 10.7. The number of methoxy groups -OCH3 is 1. The number of likely N-dealkylation sites (tertiary alicyclic amines) is 1. The lowest BCUT2D eigenvalue weighted by Gasteiger charge is -2.34. The lowest BCUT2D eigenvalue weighted by molar-refractivity contribution is 0.0172. The number of aryl methyl sites for hydroxylation is 1. The van der Waals surface area contributed by atoms with Crippen LogP contribution in [0.2, 0.25) is 0 Å². The number of aromatic nitrogens is 1. The van der Waals surface area contributed by atoms with Crippen LogP contribution < -0.4 is 10.1 Å². The van der Waals surface area contributed by atoms with E-state index in [9.17, 15) is 4.79 Å². The van der Waals surface area contributed by atoms with Crippen LogP contribution >= 0.6 is 0 Å². The Hall–Kier alpha value is -1.98. The zero-order chi connectivity index (χ0) is 17.7. The number of nitrogens with one attached hydrogen (secondary N) is 1. The van der Waals surface area contributed by atoms with Gasteiger partial charge in [0.2, 0.25) is 5.88 Å². The molecule has 1 aliphatic heterocycles. The van der Waals surface area contributed by atoms with Gasteiger partial charge in [-0.2, -0.15) is 0 Å². The van der Waals surface area contributed by atoms with Gasteiger partial charge in [0.05, 0.1) is 7.11 Å². The number of rotatable bonds is 4. The van der Waals surface area contributed by atoms with E-state index in [0.29, 0.717) is 11.8 Å². The highest BCUT2D eigenvalue weighted by Crippen LogP contribution is 2.21. The van der Waals surface area contributed by atoms with Gasteiger partial charge in [0.1, 0.15) is 5.60 Å². The minimum absolute atomic E-state index is 0.214. The van der Waals surface area contributed by atoms with Crippen molar-refractivity contribution in [2.24, 2.45) is 5.92 Å². The molecule has 6 nitrogen and oxygen atoms in total. The molecule has 1 atom stereocenters. The molecule has 1 aromatic heterocycles. The Balaban J connectivity index is 1.89. The highest BCUT2D eigenvalue weighted by atomic mass is 16.6. The van der Waals surface area contributed by atoms with Crippen LogP contribution in [0.4, 0.5) is 10.5 Å². The molecule has 1 amide bonds. The lowest BCUT2D eigenvalue weighted by Crippen LogP contribution is -2.44. The van der Waals surface area contributed by atoms with Gasteiger partial charge in [-0.3, -0.25) is 0 Å². The molecular weight excluding hydrogens is 306 g/mol. The molecule has 0 saturated carbocycles. The molecule has 1 saturated heterocycles. The summed E-state index contributed by atoms with van der Waals surface area (Å²) in [6.45, 7) is 9.94. The fourth-order valence-electron chi connectivity index (χ4n) is 2.83. The van der Waals surface area contributed by atoms with Gasteiger partial charge in [0.15, 0.2) is 0 Å². The van der Waals surface area contributed by atoms with E-state index in [1.807, 2.05) is 44.7 Å². The van der Waals surface area contributed by atoms with Gasteiger partial charge in [-0.05, 0) is 52.5 Å². The maximum Gasteiger partial charge on any atom is 0.410 e. The van der Waals surface area contributed by atoms with Gasteiger partial charge in [0.25, 0.3) is 0 Å². The maximum atomic E-state index is 12.2. The molecule has 0 radical (unpaired) electrons. The molecule has 1 fully saturated rings. The molecule has 1 aromatic rings. The summed E-state index contributed by atoms with van der Waals surface area (Å²) in [5.41, 5.74) is 1.46. The van der Waals surface area contributed by atoms with Crippen molar-refractivity contribution in [2.75, 3.05) is 32.1 Å². The van der Waals surface area contributed by atoms with E-state index in [0.717, 1.165) is 43.9 Å². The first-order valence-electron chi connectivity index (χ1n) is 8.51. The summed E-state index contributed by atoms with van der Waals surface area (Å²) in [6.07, 6.45) is 1.89. The number of amides is 1. The number of carbonyl (C=O) groups is 1. The molecule has 0 spiro atoms. The zero-order valence-corrected chi connectivity index (χ0v) is 15.4. The summed E-state index contributed by atoms with van der Waals surface area (Å²) in [6, 6.07) is 3.89. The second-order valence-electron chi connectivity index (χ2n) is 7.36. The number of ether oxygens (including phenoxy) is 2. The smallest absolute Gasteiger partial charge is 0.410 e. The second kappa shape index (κ2) is 7.73. The van der Waals surface area contributed by atoms with Crippen molar-refractivity contribution in [2.45, 2.75) is 46.1 Å². The predicted molar refractivity (Wildman–Crippen MR) is 94.5 cm³/mol. The fourth-order valence-corrected chi connectivity index (χ4v) is 2.83. The zero-order valence-electron chi connectivity index (χ0n) is 15.4. The monoisotopic (exact) mass is 335 g/mol. The van der Waals surface area contributed by atoms with Crippen molar-refractivity contribution in [3.8, 4) is 5.88 Å². The highest BCUT2D eigenvalue weighted by molar-refractivity contribution is 5.68. The van der Waals surface area contributed by atoms with E-state index in [4.69, 9.17) is 9.47 Å². The Morgan fingerprint density at radius 3 is 2.83 bits per heavy atom. The van der Waals surface area contributed by atoms with E-state index < -0.39 is 5.60 Å². The topological polar surface area (TPSA) is 63.7 Å². The number of hydrogen-bond donors (Lipinski definition) is 1. The van der Waals surface area contributed by atoms with Crippen LogP contribution in [0.1, 0.15) is 39.3 Å². The second-order valence-corrected chi connectivity index (χ2v) is 7.36. The molecule has 0 aliphatic carbocycles. The summed E-state index contributed by atoms with van der Waals surface area (Å²) in [7, 11) is 1.62. The number of piperidine rings is 1. The van der Waals surface area contributed by atoms with Crippen LogP contribution in [0, 0.1) is 12.8 Å². The SMILES string of the molecule is COc1cc(NCC2CCCN(C(=O)OC(C)(C)C)C2)cc(C)n1. The Labute approximate surface area is 144 Å². The Morgan fingerprint density at radius 1 is 1.42 bits per heavy atom. The quantitative estimate of drug-likeness (QED) is 0.913. The van der Waals surface area contributed by atoms with Crippen LogP contribution in [-0.2, 0) is 4.74 Å². The highest BCUT2D eigenvalue weighted by Gasteiger charge is 2.27. The standard InChI is InChI=1S/C18H29N3O3/c1-13-9-15(10-16(20-13)23-5)19-11-14-7-6-8-21(12-14)17(22)24-18(2,3)4/h9-10,14H,6-8,11-12H2,1-5H3,(H,19,20). The Bertz CT molecular complexity index is 569. The molecule has 24 heavy (non-hydrogen) atoms. The third-order valence-electron chi connectivity index (χ3n) is 3.90. The van der Waals surface area contributed by atoms with E-state index >= 15 is 0 Å². The van der Waals surface area contributed by atoms with Gasteiger partial charge < -0.3 is 19.7 Å². The van der Waals surface area contributed by atoms with Crippen LogP contribution in [0.25, 0.3) is 0 Å². The molecule has 1 aliphatic rings. The fraction of sp³-hybridized carbons (Fsp3) is 0.667. The first-order valence-corrected chi connectivity index (χ1v) is 8.51.